The highest BCUT2D eigenvalue weighted by Gasteiger charge is 2.25. The van der Waals surface area contributed by atoms with E-state index in [1.54, 1.807) is 11.9 Å². The molecule has 0 radical (unpaired) electrons. The number of carbonyl (C=O) groups is 1. The van der Waals surface area contributed by atoms with Gasteiger partial charge >= 0.3 is 5.69 Å². The Morgan fingerprint density at radius 1 is 1.32 bits per heavy atom. The minimum atomic E-state index is -0.708. The molecule has 0 unspecified atom stereocenters. The number of methoxy groups -OCH3 is 1. The lowest BCUT2D eigenvalue weighted by Crippen LogP contribution is -2.46. The first kappa shape index (κ1) is 24.4. The Morgan fingerprint density at radius 2 is 2.00 bits per heavy atom. The number of nitrogens with one attached hydrogen (secondary N) is 1. The predicted molar refractivity (Wildman–Crippen MR) is 117 cm³/mol. The van der Waals surface area contributed by atoms with Gasteiger partial charge in [0.1, 0.15) is 11.6 Å². The second-order valence-corrected chi connectivity index (χ2v) is 8.01. The van der Waals surface area contributed by atoms with Crippen LogP contribution in [0.1, 0.15) is 30.9 Å². The van der Waals surface area contributed by atoms with Crippen LogP contribution in [-0.4, -0.2) is 59.4 Å². The third-order valence-corrected chi connectivity index (χ3v) is 4.87. The van der Waals surface area contributed by atoms with Crippen LogP contribution in [0.25, 0.3) is 0 Å². The van der Waals surface area contributed by atoms with Gasteiger partial charge in [0.25, 0.3) is 5.56 Å². The first-order valence-electron chi connectivity index (χ1n) is 10.1. The van der Waals surface area contributed by atoms with Crippen molar-refractivity contribution in [2.45, 2.75) is 40.8 Å². The third kappa shape index (κ3) is 5.82. The van der Waals surface area contributed by atoms with E-state index in [4.69, 9.17) is 15.0 Å². The summed E-state index contributed by atoms with van der Waals surface area (Å²) in [5.74, 6) is 0.413. The fourth-order valence-corrected chi connectivity index (χ4v) is 3.30. The second kappa shape index (κ2) is 10.4. The largest absolute Gasteiger partial charge is 0.383 e. The number of hydrogen-bond acceptors (Lipinski definition) is 8. The fraction of sp³-hybridized carbons (Fsp3) is 0.600. The van der Waals surface area contributed by atoms with Crippen molar-refractivity contribution in [3.63, 3.8) is 0 Å². The summed E-state index contributed by atoms with van der Waals surface area (Å²) in [6, 6.07) is 0. The highest BCUT2D eigenvalue weighted by Crippen LogP contribution is 2.19. The van der Waals surface area contributed by atoms with E-state index in [0.717, 1.165) is 11.3 Å². The van der Waals surface area contributed by atoms with Gasteiger partial charge in [-0.2, -0.15) is 0 Å². The summed E-state index contributed by atoms with van der Waals surface area (Å²) in [6.45, 7) is 8.58. The number of aryl methyl sites for hydroxylation is 2. The molecule has 0 fully saturated rings. The van der Waals surface area contributed by atoms with Gasteiger partial charge in [-0.25, -0.2) is 4.79 Å². The van der Waals surface area contributed by atoms with Crippen molar-refractivity contribution in [1.29, 1.82) is 0 Å². The molecule has 0 saturated heterocycles. The van der Waals surface area contributed by atoms with Crippen LogP contribution in [0.4, 0.5) is 11.5 Å². The SMILES string of the molecule is COCCN(C(=O)CN(C)Cc1c(C)noc1C)c1c(N)n(CC(C)C)c(=O)[nH]c1=O. The van der Waals surface area contributed by atoms with Crippen molar-refractivity contribution >= 4 is 17.4 Å². The molecule has 0 spiro atoms. The molecule has 0 saturated carbocycles. The maximum atomic E-state index is 13.2. The summed E-state index contributed by atoms with van der Waals surface area (Å²) >= 11 is 0. The quantitative estimate of drug-likeness (QED) is 0.548. The van der Waals surface area contributed by atoms with Crippen LogP contribution >= 0.6 is 0 Å². The van der Waals surface area contributed by atoms with Crippen LogP contribution < -0.4 is 21.9 Å². The van der Waals surface area contributed by atoms with Gasteiger partial charge in [0.05, 0.1) is 18.8 Å². The van der Waals surface area contributed by atoms with E-state index in [1.165, 1.54) is 16.6 Å². The number of aromatic nitrogens is 3. The number of likely N-dealkylation sites (N-methyl/N-ethyl adjacent to an activating group) is 1. The lowest BCUT2D eigenvalue weighted by Gasteiger charge is -2.26. The summed E-state index contributed by atoms with van der Waals surface area (Å²) in [6.07, 6.45) is 0. The first-order chi connectivity index (χ1) is 14.6. The van der Waals surface area contributed by atoms with Crippen LogP contribution in [0.15, 0.2) is 14.1 Å². The lowest BCUT2D eigenvalue weighted by molar-refractivity contribution is -0.119. The number of rotatable bonds is 10. The molecule has 0 aromatic carbocycles. The lowest BCUT2D eigenvalue weighted by atomic mass is 10.2. The minimum absolute atomic E-state index is 0.00988. The summed E-state index contributed by atoms with van der Waals surface area (Å²) in [7, 11) is 3.28. The van der Waals surface area contributed by atoms with Crippen LogP contribution in [0, 0.1) is 19.8 Å². The third-order valence-electron chi connectivity index (χ3n) is 4.87. The average Bonchev–Trinajstić information content (AvgIpc) is 2.99. The highest BCUT2D eigenvalue weighted by molar-refractivity contribution is 5.96. The molecule has 11 nitrogen and oxygen atoms in total. The number of hydrogen-bond donors (Lipinski definition) is 2. The van der Waals surface area contributed by atoms with E-state index < -0.39 is 11.2 Å². The number of H-pyrrole nitrogens is 1. The molecule has 2 rings (SSSR count). The molecule has 31 heavy (non-hydrogen) atoms. The molecule has 172 valence electrons. The highest BCUT2D eigenvalue weighted by atomic mass is 16.5. The number of carbonyl (C=O) groups excluding carboxylic acids is 1. The van der Waals surface area contributed by atoms with E-state index in [0.29, 0.717) is 18.8 Å². The van der Waals surface area contributed by atoms with Gasteiger partial charge in [-0.1, -0.05) is 19.0 Å². The molecule has 2 aromatic rings. The summed E-state index contributed by atoms with van der Waals surface area (Å²) in [5, 5.41) is 3.93. The number of nitrogens with zero attached hydrogens (tertiary/aromatic N) is 4. The van der Waals surface area contributed by atoms with Gasteiger partial charge in [0.15, 0.2) is 5.69 Å². The minimum Gasteiger partial charge on any atom is -0.383 e. The molecule has 2 aromatic heterocycles. The molecular formula is C20H32N6O5. The molecule has 1 amide bonds. The van der Waals surface area contributed by atoms with E-state index in [2.05, 4.69) is 10.1 Å². The Hall–Kier alpha value is -2.92. The van der Waals surface area contributed by atoms with Crippen molar-refractivity contribution in [2.75, 3.05) is 44.5 Å². The van der Waals surface area contributed by atoms with Gasteiger partial charge in [-0.3, -0.25) is 24.0 Å². The van der Waals surface area contributed by atoms with E-state index in [1.807, 2.05) is 27.7 Å². The van der Waals surface area contributed by atoms with E-state index >= 15 is 0 Å². The summed E-state index contributed by atoms with van der Waals surface area (Å²) in [4.78, 5) is 43.4. The molecule has 11 heteroatoms. The van der Waals surface area contributed by atoms with Crippen molar-refractivity contribution in [2.24, 2.45) is 5.92 Å². The first-order valence-corrected chi connectivity index (χ1v) is 10.1. The Morgan fingerprint density at radius 3 is 2.55 bits per heavy atom. The normalized spacial score (nSPS) is 11.5. The zero-order valence-corrected chi connectivity index (χ0v) is 19.0. The summed E-state index contributed by atoms with van der Waals surface area (Å²) < 4.78 is 11.6. The molecular weight excluding hydrogens is 404 g/mol. The number of amides is 1. The molecule has 0 aliphatic carbocycles. The van der Waals surface area contributed by atoms with Crippen molar-refractivity contribution in [1.82, 2.24) is 19.6 Å². The maximum Gasteiger partial charge on any atom is 0.330 e. The van der Waals surface area contributed by atoms with Gasteiger partial charge in [-0.15, -0.1) is 0 Å². The van der Waals surface area contributed by atoms with E-state index in [9.17, 15) is 14.4 Å². The van der Waals surface area contributed by atoms with Gasteiger partial charge in [0.2, 0.25) is 5.91 Å². The standard InChI is InChI=1S/C20H32N6O5/c1-12(2)9-26-18(21)17(19(28)22-20(26)29)25(7-8-30-6)16(27)11-24(5)10-15-13(3)23-31-14(15)4/h12H,7-11,21H2,1-6H3,(H,22,28,29). The molecule has 0 atom stereocenters. The average molecular weight is 437 g/mol. The van der Waals surface area contributed by atoms with Crippen LogP contribution in [0.5, 0.6) is 0 Å². The van der Waals surface area contributed by atoms with Gasteiger partial charge in [-0.05, 0) is 26.8 Å². The fourth-order valence-electron chi connectivity index (χ4n) is 3.30. The maximum absolute atomic E-state index is 13.2. The predicted octanol–water partition coefficient (Wildman–Crippen LogP) is 0.491. The van der Waals surface area contributed by atoms with Crippen molar-refractivity contribution < 1.29 is 14.1 Å². The summed E-state index contributed by atoms with van der Waals surface area (Å²) in [5.41, 5.74) is 6.50. The monoisotopic (exact) mass is 436 g/mol. The van der Waals surface area contributed by atoms with E-state index in [-0.39, 0.29) is 43.0 Å². The number of ether oxygens (including phenoxy) is 1. The number of aromatic amines is 1. The van der Waals surface area contributed by atoms with Gasteiger partial charge < -0.3 is 19.9 Å². The number of nitrogen functional groups attached to an aromatic ring is 1. The molecule has 0 aliphatic rings. The zero-order valence-electron chi connectivity index (χ0n) is 19.0. The Balaban J connectivity index is 2.35. The molecule has 3 N–H and O–H groups in total. The Bertz CT molecular complexity index is 1000. The number of nitrogens with two attached hydrogens (primary N) is 1. The van der Waals surface area contributed by atoms with Crippen LogP contribution in [-0.2, 0) is 22.6 Å². The molecule has 2 heterocycles. The number of anilines is 2. The van der Waals surface area contributed by atoms with Crippen LogP contribution in [0.2, 0.25) is 0 Å². The Kier molecular flexibility index (Phi) is 8.17. The Labute approximate surface area is 180 Å². The van der Waals surface area contributed by atoms with Gasteiger partial charge in [0, 0.05) is 32.3 Å². The van der Waals surface area contributed by atoms with Crippen LogP contribution in [0.3, 0.4) is 0 Å². The topological polar surface area (TPSA) is 140 Å². The van der Waals surface area contributed by atoms with Crippen molar-refractivity contribution in [3.05, 3.63) is 37.9 Å². The van der Waals surface area contributed by atoms with Crippen molar-refractivity contribution in [3.8, 4) is 0 Å². The molecule has 0 aliphatic heterocycles. The molecule has 0 bridgehead atoms. The smallest absolute Gasteiger partial charge is 0.330 e. The zero-order chi connectivity index (χ0) is 23.3. The second-order valence-electron chi connectivity index (χ2n) is 8.01.